The number of imidazole rings is 1. The molecule has 0 aliphatic rings. The van der Waals surface area contributed by atoms with Crippen LogP contribution in [-0.4, -0.2) is 33.3 Å². The van der Waals surface area contributed by atoms with Crippen molar-refractivity contribution in [2.75, 3.05) is 6.61 Å². The summed E-state index contributed by atoms with van der Waals surface area (Å²) in [6, 6.07) is 5.01. The van der Waals surface area contributed by atoms with E-state index in [4.69, 9.17) is 9.84 Å². The highest BCUT2D eigenvalue weighted by Gasteiger charge is 2.12. The van der Waals surface area contributed by atoms with Gasteiger partial charge in [0.1, 0.15) is 5.82 Å². The van der Waals surface area contributed by atoms with Gasteiger partial charge in [0.05, 0.1) is 29.2 Å². The van der Waals surface area contributed by atoms with Gasteiger partial charge in [0.2, 0.25) is 0 Å². The van der Waals surface area contributed by atoms with E-state index < -0.39 is 5.97 Å². The minimum Gasteiger partial charge on any atom is -0.478 e. The zero-order valence-electron chi connectivity index (χ0n) is 11.4. The molecule has 0 fully saturated rings. The molecular weight excluding hydrogens is 244 g/mol. The monoisotopic (exact) mass is 262 g/mol. The van der Waals surface area contributed by atoms with Crippen molar-refractivity contribution in [2.24, 2.45) is 0 Å². The highest BCUT2D eigenvalue weighted by molar-refractivity contribution is 5.92. The molecule has 0 saturated carbocycles. The number of aromatic nitrogens is 2. The van der Waals surface area contributed by atoms with Gasteiger partial charge < -0.3 is 14.4 Å². The van der Waals surface area contributed by atoms with Crippen LogP contribution in [0, 0.1) is 6.92 Å². The molecule has 0 aliphatic carbocycles. The molecule has 19 heavy (non-hydrogen) atoms. The molecule has 102 valence electrons. The molecule has 0 spiro atoms. The van der Waals surface area contributed by atoms with E-state index in [9.17, 15) is 4.79 Å². The molecule has 0 radical (unpaired) electrons. The van der Waals surface area contributed by atoms with E-state index in [1.165, 1.54) is 0 Å². The summed E-state index contributed by atoms with van der Waals surface area (Å²) in [5.41, 5.74) is 1.91. The fraction of sp³-hybridized carbons (Fsp3) is 0.429. The quantitative estimate of drug-likeness (QED) is 0.899. The van der Waals surface area contributed by atoms with Crippen molar-refractivity contribution in [1.29, 1.82) is 0 Å². The van der Waals surface area contributed by atoms with Gasteiger partial charge in [-0.25, -0.2) is 9.78 Å². The van der Waals surface area contributed by atoms with Crippen LogP contribution in [0.4, 0.5) is 0 Å². The summed E-state index contributed by atoms with van der Waals surface area (Å²) in [5, 5.41) is 8.98. The van der Waals surface area contributed by atoms with Gasteiger partial charge in [-0.1, -0.05) is 0 Å². The highest BCUT2D eigenvalue weighted by atomic mass is 16.5. The molecule has 1 N–H and O–H groups in total. The van der Waals surface area contributed by atoms with E-state index in [0.29, 0.717) is 18.7 Å². The lowest BCUT2D eigenvalue weighted by Gasteiger charge is -2.14. The lowest BCUT2D eigenvalue weighted by molar-refractivity contribution is 0.0643. The first-order valence-electron chi connectivity index (χ1n) is 6.34. The molecule has 1 unspecified atom stereocenters. The minimum absolute atomic E-state index is 0.0975. The molecule has 2 aromatic rings. The zero-order valence-corrected chi connectivity index (χ0v) is 11.4. The number of fused-ring (bicyclic) bond motifs is 1. The SMILES string of the molecule is CCOC(C)Cn1c(C)nc2cc(C(=O)O)ccc21. The van der Waals surface area contributed by atoms with E-state index in [0.717, 1.165) is 11.3 Å². The average Bonchev–Trinajstić information content (AvgIpc) is 2.65. The number of carboxylic acids is 1. The number of aromatic carboxylic acids is 1. The lowest BCUT2D eigenvalue weighted by atomic mass is 10.2. The fourth-order valence-electron chi connectivity index (χ4n) is 2.21. The van der Waals surface area contributed by atoms with Gasteiger partial charge in [-0.05, 0) is 39.0 Å². The topological polar surface area (TPSA) is 64.4 Å². The van der Waals surface area contributed by atoms with Crippen molar-refractivity contribution in [2.45, 2.75) is 33.4 Å². The van der Waals surface area contributed by atoms with E-state index in [1.54, 1.807) is 18.2 Å². The number of hydrogen-bond acceptors (Lipinski definition) is 3. The Balaban J connectivity index is 2.39. The number of nitrogens with zero attached hydrogens (tertiary/aromatic N) is 2. The van der Waals surface area contributed by atoms with E-state index in [1.807, 2.05) is 20.8 Å². The summed E-state index contributed by atoms with van der Waals surface area (Å²) >= 11 is 0. The third-order valence-corrected chi connectivity index (χ3v) is 3.08. The zero-order chi connectivity index (χ0) is 14.0. The molecule has 0 bridgehead atoms. The second-order valence-corrected chi connectivity index (χ2v) is 4.54. The first-order chi connectivity index (χ1) is 9.02. The van der Waals surface area contributed by atoms with Crippen molar-refractivity contribution >= 4 is 17.0 Å². The molecule has 1 heterocycles. The van der Waals surface area contributed by atoms with Crippen molar-refractivity contribution in [3.63, 3.8) is 0 Å². The maximum absolute atomic E-state index is 10.9. The van der Waals surface area contributed by atoms with Crippen LogP contribution in [0.3, 0.4) is 0 Å². The summed E-state index contributed by atoms with van der Waals surface area (Å²) in [7, 11) is 0. The minimum atomic E-state index is -0.934. The van der Waals surface area contributed by atoms with Gasteiger partial charge in [0.25, 0.3) is 0 Å². The molecule has 0 aliphatic heterocycles. The van der Waals surface area contributed by atoms with Gasteiger partial charge in [0, 0.05) is 6.61 Å². The fourth-order valence-corrected chi connectivity index (χ4v) is 2.21. The first kappa shape index (κ1) is 13.5. The van der Waals surface area contributed by atoms with Gasteiger partial charge >= 0.3 is 5.97 Å². The summed E-state index contributed by atoms with van der Waals surface area (Å²) in [4.78, 5) is 15.4. The maximum Gasteiger partial charge on any atom is 0.335 e. The summed E-state index contributed by atoms with van der Waals surface area (Å²) in [6.07, 6.45) is 0.0975. The Kier molecular flexibility index (Phi) is 3.85. The van der Waals surface area contributed by atoms with Crippen LogP contribution in [0.15, 0.2) is 18.2 Å². The predicted octanol–water partition coefficient (Wildman–Crippen LogP) is 2.47. The molecule has 1 atom stereocenters. The number of carbonyl (C=O) groups is 1. The Morgan fingerprint density at radius 2 is 2.26 bits per heavy atom. The standard InChI is InChI=1S/C14H18N2O3/c1-4-19-9(2)8-16-10(3)15-12-7-11(14(17)18)5-6-13(12)16/h5-7,9H,4,8H2,1-3H3,(H,17,18). The Morgan fingerprint density at radius 1 is 1.53 bits per heavy atom. The summed E-state index contributed by atoms with van der Waals surface area (Å²) in [6.45, 7) is 7.28. The second kappa shape index (κ2) is 5.40. The average molecular weight is 262 g/mol. The third-order valence-electron chi connectivity index (χ3n) is 3.08. The van der Waals surface area contributed by atoms with Crippen LogP contribution in [-0.2, 0) is 11.3 Å². The van der Waals surface area contributed by atoms with Crippen LogP contribution >= 0.6 is 0 Å². The predicted molar refractivity (Wildman–Crippen MR) is 72.5 cm³/mol. The molecule has 2 rings (SSSR count). The number of rotatable bonds is 5. The lowest BCUT2D eigenvalue weighted by Crippen LogP contribution is -2.17. The highest BCUT2D eigenvalue weighted by Crippen LogP contribution is 2.18. The molecule has 0 amide bonds. The molecule has 5 nitrogen and oxygen atoms in total. The van der Waals surface area contributed by atoms with Crippen molar-refractivity contribution < 1.29 is 14.6 Å². The van der Waals surface area contributed by atoms with Gasteiger partial charge in [-0.3, -0.25) is 0 Å². The van der Waals surface area contributed by atoms with Crippen LogP contribution < -0.4 is 0 Å². The number of ether oxygens (including phenoxy) is 1. The van der Waals surface area contributed by atoms with E-state index >= 15 is 0 Å². The van der Waals surface area contributed by atoms with E-state index in [2.05, 4.69) is 9.55 Å². The van der Waals surface area contributed by atoms with E-state index in [-0.39, 0.29) is 11.7 Å². The Hall–Kier alpha value is -1.88. The Bertz CT molecular complexity index is 604. The van der Waals surface area contributed by atoms with Crippen LogP contribution in [0.2, 0.25) is 0 Å². The smallest absolute Gasteiger partial charge is 0.335 e. The van der Waals surface area contributed by atoms with Gasteiger partial charge in [-0.15, -0.1) is 0 Å². The molecule has 5 heteroatoms. The number of aryl methyl sites for hydroxylation is 1. The third kappa shape index (κ3) is 2.76. The Morgan fingerprint density at radius 3 is 2.89 bits per heavy atom. The summed E-state index contributed by atoms with van der Waals surface area (Å²) in [5.74, 6) is -0.0686. The number of carboxylic acid groups (broad SMARTS) is 1. The molecular formula is C14H18N2O3. The van der Waals surface area contributed by atoms with Crippen LogP contribution in [0.1, 0.15) is 30.0 Å². The van der Waals surface area contributed by atoms with Gasteiger partial charge in [0.15, 0.2) is 0 Å². The number of benzene rings is 1. The van der Waals surface area contributed by atoms with Crippen molar-refractivity contribution in [3.05, 3.63) is 29.6 Å². The van der Waals surface area contributed by atoms with Crippen LogP contribution in [0.25, 0.3) is 11.0 Å². The second-order valence-electron chi connectivity index (χ2n) is 4.54. The maximum atomic E-state index is 10.9. The van der Waals surface area contributed by atoms with Crippen molar-refractivity contribution in [1.82, 2.24) is 9.55 Å². The summed E-state index contributed by atoms with van der Waals surface area (Å²) < 4.78 is 7.60. The van der Waals surface area contributed by atoms with Crippen LogP contribution in [0.5, 0.6) is 0 Å². The van der Waals surface area contributed by atoms with Gasteiger partial charge in [-0.2, -0.15) is 0 Å². The first-order valence-corrected chi connectivity index (χ1v) is 6.34. The van der Waals surface area contributed by atoms with Crippen molar-refractivity contribution in [3.8, 4) is 0 Å². The molecule has 1 aromatic heterocycles. The molecule has 0 saturated heterocycles. The normalized spacial score (nSPS) is 12.8. The largest absolute Gasteiger partial charge is 0.478 e. The molecule has 1 aromatic carbocycles. The number of hydrogen-bond donors (Lipinski definition) is 1. The Labute approximate surface area is 111 Å².